The van der Waals surface area contributed by atoms with E-state index in [-0.39, 0.29) is 11.7 Å². The number of primary amides is 1. The molecule has 0 spiro atoms. The van der Waals surface area contributed by atoms with E-state index in [1.54, 1.807) is 12.1 Å². The van der Waals surface area contributed by atoms with Crippen LogP contribution < -0.4 is 11.5 Å². The molecule has 7 heteroatoms. The number of amides is 2. The molecule has 2 rings (SSSR count). The third kappa shape index (κ3) is 3.65. The van der Waals surface area contributed by atoms with Gasteiger partial charge in [-0.1, -0.05) is 0 Å². The van der Waals surface area contributed by atoms with Gasteiger partial charge in [0, 0.05) is 30.3 Å². The number of carbonyl (C=O) groups is 2. The zero-order chi connectivity index (χ0) is 15.4. The second kappa shape index (κ2) is 6.17. The number of hydrogen-bond acceptors (Lipinski definition) is 5. The Balaban J connectivity index is 2.08. The number of anilines is 1. The quantitative estimate of drug-likeness (QED) is 0.436. The highest BCUT2D eigenvalue weighted by molar-refractivity contribution is 5.92. The standard InChI is InChI=1S/C14H17N3O4/c15-10-4-5-11(18)9(8-10)3-6-12(19)17-7-1-2-13(17)21-14(16)20/h3-6,8,13,18H,1-2,7,15H2,(H2,16,20). The zero-order valence-electron chi connectivity index (χ0n) is 11.4. The van der Waals surface area contributed by atoms with E-state index in [9.17, 15) is 14.7 Å². The fourth-order valence-corrected chi connectivity index (χ4v) is 2.21. The molecule has 1 aliphatic heterocycles. The molecule has 21 heavy (non-hydrogen) atoms. The number of ether oxygens (including phenoxy) is 1. The van der Waals surface area contributed by atoms with Gasteiger partial charge in [0.1, 0.15) is 5.75 Å². The van der Waals surface area contributed by atoms with Crippen molar-refractivity contribution in [3.63, 3.8) is 0 Å². The average molecular weight is 291 g/mol. The normalized spacial score (nSPS) is 18.1. The fraction of sp³-hybridized carbons (Fsp3) is 0.286. The van der Waals surface area contributed by atoms with Crippen molar-refractivity contribution in [1.29, 1.82) is 0 Å². The Morgan fingerprint density at radius 2 is 2.19 bits per heavy atom. The van der Waals surface area contributed by atoms with Crippen molar-refractivity contribution < 1.29 is 19.4 Å². The summed E-state index contributed by atoms with van der Waals surface area (Å²) in [6.07, 6.45) is 2.53. The van der Waals surface area contributed by atoms with Crippen molar-refractivity contribution in [3.05, 3.63) is 29.8 Å². The maximum absolute atomic E-state index is 12.1. The number of rotatable bonds is 3. The molecule has 0 bridgehead atoms. The molecule has 1 aromatic carbocycles. The van der Waals surface area contributed by atoms with Crippen LogP contribution in [0.25, 0.3) is 6.08 Å². The van der Waals surface area contributed by atoms with Gasteiger partial charge in [0.05, 0.1) is 0 Å². The molecule has 0 radical (unpaired) electrons. The Labute approximate surface area is 121 Å². The highest BCUT2D eigenvalue weighted by atomic mass is 16.6. The van der Waals surface area contributed by atoms with E-state index in [1.807, 2.05) is 0 Å². The van der Waals surface area contributed by atoms with Crippen LogP contribution in [-0.2, 0) is 9.53 Å². The first-order valence-corrected chi connectivity index (χ1v) is 6.50. The molecule has 0 aromatic heterocycles. The molecule has 0 aliphatic carbocycles. The van der Waals surface area contributed by atoms with Crippen molar-refractivity contribution in [2.75, 3.05) is 12.3 Å². The molecule has 2 amide bonds. The second-order valence-electron chi connectivity index (χ2n) is 4.72. The number of nitrogens with zero attached hydrogens (tertiary/aromatic N) is 1. The predicted molar refractivity (Wildman–Crippen MR) is 77.0 cm³/mol. The molecule has 1 fully saturated rings. The molecule has 1 aliphatic rings. The van der Waals surface area contributed by atoms with Gasteiger partial charge in [-0.25, -0.2) is 4.79 Å². The fourth-order valence-electron chi connectivity index (χ4n) is 2.21. The van der Waals surface area contributed by atoms with Crippen LogP contribution in [0.2, 0.25) is 0 Å². The number of benzene rings is 1. The van der Waals surface area contributed by atoms with Crippen molar-refractivity contribution in [3.8, 4) is 5.75 Å². The number of nitrogens with two attached hydrogens (primary N) is 2. The number of likely N-dealkylation sites (tertiary alicyclic amines) is 1. The number of phenols is 1. The summed E-state index contributed by atoms with van der Waals surface area (Å²) in [6.45, 7) is 0.490. The van der Waals surface area contributed by atoms with E-state index in [2.05, 4.69) is 0 Å². The first-order chi connectivity index (χ1) is 9.97. The van der Waals surface area contributed by atoms with E-state index in [4.69, 9.17) is 16.2 Å². The Hall–Kier alpha value is -2.70. The third-order valence-electron chi connectivity index (χ3n) is 3.19. The summed E-state index contributed by atoms with van der Waals surface area (Å²) in [5.74, 6) is -0.291. The van der Waals surface area contributed by atoms with Crippen molar-refractivity contribution >= 4 is 23.8 Å². The molecular formula is C14H17N3O4. The Bertz CT molecular complexity index is 586. The SMILES string of the molecule is NC(=O)OC1CCCN1C(=O)C=Cc1cc(N)ccc1O. The molecule has 1 heterocycles. The van der Waals surface area contributed by atoms with Crippen LogP contribution in [0.4, 0.5) is 10.5 Å². The van der Waals surface area contributed by atoms with Gasteiger partial charge in [0.15, 0.2) is 6.23 Å². The van der Waals surface area contributed by atoms with Crippen molar-refractivity contribution in [1.82, 2.24) is 4.90 Å². The average Bonchev–Trinajstić information content (AvgIpc) is 2.86. The van der Waals surface area contributed by atoms with Gasteiger partial charge in [-0.2, -0.15) is 0 Å². The molecule has 1 unspecified atom stereocenters. The van der Waals surface area contributed by atoms with E-state index in [0.29, 0.717) is 24.2 Å². The highest BCUT2D eigenvalue weighted by Gasteiger charge is 2.29. The maximum atomic E-state index is 12.1. The lowest BCUT2D eigenvalue weighted by atomic mass is 10.1. The predicted octanol–water partition coefficient (Wildman–Crippen LogP) is 1.03. The van der Waals surface area contributed by atoms with Gasteiger partial charge < -0.3 is 26.2 Å². The molecule has 0 saturated carbocycles. The van der Waals surface area contributed by atoms with Crippen molar-refractivity contribution in [2.45, 2.75) is 19.1 Å². The largest absolute Gasteiger partial charge is 0.507 e. The van der Waals surface area contributed by atoms with Crippen LogP contribution in [0.5, 0.6) is 5.75 Å². The van der Waals surface area contributed by atoms with Crippen molar-refractivity contribution in [2.24, 2.45) is 5.73 Å². The Morgan fingerprint density at radius 1 is 1.43 bits per heavy atom. The van der Waals surface area contributed by atoms with Gasteiger partial charge in [-0.05, 0) is 30.7 Å². The Morgan fingerprint density at radius 3 is 2.90 bits per heavy atom. The summed E-state index contributed by atoms with van der Waals surface area (Å²) in [7, 11) is 0. The number of phenolic OH excluding ortho intramolecular Hbond substituents is 1. The van der Waals surface area contributed by atoms with Gasteiger partial charge in [0.2, 0.25) is 5.91 Å². The van der Waals surface area contributed by atoms with E-state index < -0.39 is 12.3 Å². The summed E-state index contributed by atoms with van der Waals surface area (Å²) in [6, 6.07) is 4.57. The van der Waals surface area contributed by atoms with Crippen LogP contribution in [0.1, 0.15) is 18.4 Å². The van der Waals surface area contributed by atoms with Crippen LogP contribution >= 0.6 is 0 Å². The minimum absolute atomic E-state index is 0.0274. The second-order valence-corrected chi connectivity index (χ2v) is 4.72. The topological polar surface area (TPSA) is 119 Å². The number of nitrogen functional groups attached to an aromatic ring is 1. The van der Waals surface area contributed by atoms with E-state index in [1.165, 1.54) is 23.1 Å². The molecule has 1 aromatic rings. The van der Waals surface area contributed by atoms with Crippen LogP contribution in [-0.4, -0.2) is 34.8 Å². The Kier molecular flexibility index (Phi) is 4.32. The van der Waals surface area contributed by atoms with Gasteiger partial charge in [-0.15, -0.1) is 0 Å². The molecule has 7 nitrogen and oxygen atoms in total. The summed E-state index contributed by atoms with van der Waals surface area (Å²) < 4.78 is 4.88. The van der Waals surface area contributed by atoms with Crippen LogP contribution in [0.15, 0.2) is 24.3 Å². The molecule has 112 valence electrons. The number of carbonyl (C=O) groups excluding carboxylic acids is 2. The molecule has 5 N–H and O–H groups in total. The minimum Gasteiger partial charge on any atom is -0.507 e. The summed E-state index contributed by atoms with van der Waals surface area (Å²) in [5.41, 5.74) is 11.5. The molecular weight excluding hydrogens is 274 g/mol. The maximum Gasteiger partial charge on any atom is 0.406 e. The first-order valence-electron chi connectivity index (χ1n) is 6.50. The van der Waals surface area contributed by atoms with Gasteiger partial charge in [-0.3, -0.25) is 4.79 Å². The lowest BCUT2D eigenvalue weighted by Gasteiger charge is -2.22. The smallest absolute Gasteiger partial charge is 0.406 e. The van der Waals surface area contributed by atoms with Gasteiger partial charge in [0.25, 0.3) is 0 Å². The van der Waals surface area contributed by atoms with E-state index >= 15 is 0 Å². The molecule has 1 saturated heterocycles. The van der Waals surface area contributed by atoms with Crippen LogP contribution in [0.3, 0.4) is 0 Å². The lowest BCUT2D eigenvalue weighted by Crippen LogP contribution is -2.38. The van der Waals surface area contributed by atoms with E-state index in [0.717, 1.165) is 6.42 Å². The summed E-state index contributed by atoms with van der Waals surface area (Å²) in [5, 5.41) is 9.67. The highest BCUT2D eigenvalue weighted by Crippen LogP contribution is 2.22. The lowest BCUT2D eigenvalue weighted by molar-refractivity contribution is -0.132. The minimum atomic E-state index is -0.905. The number of aromatic hydroxyl groups is 1. The summed E-state index contributed by atoms with van der Waals surface area (Å²) in [4.78, 5) is 24.3. The van der Waals surface area contributed by atoms with Gasteiger partial charge >= 0.3 is 6.09 Å². The monoisotopic (exact) mass is 291 g/mol. The number of hydrogen-bond donors (Lipinski definition) is 3. The summed E-state index contributed by atoms with van der Waals surface area (Å²) >= 11 is 0. The first kappa shape index (κ1) is 14.7. The molecule has 1 atom stereocenters. The zero-order valence-corrected chi connectivity index (χ0v) is 11.4. The van der Waals surface area contributed by atoms with Crippen LogP contribution in [0, 0.1) is 0 Å². The third-order valence-corrected chi connectivity index (χ3v) is 3.19.